The molecule has 0 saturated heterocycles. The second-order valence-corrected chi connectivity index (χ2v) is 7.56. The Morgan fingerprint density at radius 1 is 1.20 bits per heavy atom. The Labute approximate surface area is 162 Å². The number of carbonyl (C=O) groups excluding carboxylic acids is 2. The van der Waals surface area contributed by atoms with Crippen molar-refractivity contribution < 1.29 is 14.7 Å². The average molecular weight is 463 g/mol. The van der Waals surface area contributed by atoms with E-state index in [1.807, 2.05) is 0 Å². The largest absolute Gasteiger partial charge is 0.375 e. The monoisotopic (exact) mass is 461 g/mol. The van der Waals surface area contributed by atoms with Gasteiger partial charge in [0, 0.05) is 20.1 Å². The van der Waals surface area contributed by atoms with Crippen molar-refractivity contribution in [3.05, 3.63) is 62.5 Å². The van der Waals surface area contributed by atoms with Crippen LogP contribution >= 0.6 is 31.9 Å². The summed E-state index contributed by atoms with van der Waals surface area (Å²) in [5, 5.41) is 11.1. The first-order valence-corrected chi connectivity index (χ1v) is 9.02. The fourth-order valence-electron chi connectivity index (χ4n) is 2.94. The van der Waals surface area contributed by atoms with Crippen molar-refractivity contribution >= 4 is 49.2 Å². The smallest absolute Gasteiger partial charge is 0.265 e. The van der Waals surface area contributed by atoms with Gasteiger partial charge in [0.05, 0.1) is 18.7 Å². The van der Waals surface area contributed by atoms with Crippen LogP contribution < -0.4 is 4.90 Å². The Hall–Kier alpha value is -1.94. The van der Waals surface area contributed by atoms with Gasteiger partial charge in [-0.25, -0.2) is 0 Å². The van der Waals surface area contributed by atoms with E-state index < -0.39 is 11.5 Å². The van der Waals surface area contributed by atoms with Gasteiger partial charge in [-0.15, -0.1) is 6.42 Å². The fourth-order valence-corrected chi connectivity index (χ4v) is 3.70. The lowest BCUT2D eigenvalue weighted by molar-refractivity contribution is -0.135. The van der Waals surface area contributed by atoms with Gasteiger partial charge < -0.3 is 5.11 Å². The van der Waals surface area contributed by atoms with Gasteiger partial charge >= 0.3 is 0 Å². The maximum atomic E-state index is 12.8. The number of amides is 1. The molecule has 0 saturated carbocycles. The maximum absolute atomic E-state index is 12.8. The summed E-state index contributed by atoms with van der Waals surface area (Å²) in [5.74, 6) is 1.51. The minimum Gasteiger partial charge on any atom is -0.375 e. The van der Waals surface area contributed by atoms with E-state index in [0.29, 0.717) is 21.3 Å². The van der Waals surface area contributed by atoms with E-state index in [0.717, 1.165) is 4.47 Å². The molecular weight excluding hydrogens is 450 g/mol. The highest BCUT2D eigenvalue weighted by Gasteiger charge is 2.50. The summed E-state index contributed by atoms with van der Waals surface area (Å²) >= 11 is 6.66. The van der Waals surface area contributed by atoms with Crippen LogP contribution in [0.2, 0.25) is 0 Å². The first kappa shape index (κ1) is 17.9. The Morgan fingerprint density at radius 2 is 1.92 bits per heavy atom. The number of ketones is 1. The second-order valence-electron chi connectivity index (χ2n) is 5.73. The summed E-state index contributed by atoms with van der Waals surface area (Å²) in [7, 11) is 0. The Kier molecular flexibility index (Phi) is 4.83. The molecule has 2 aromatic carbocycles. The Bertz CT molecular complexity index is 919. The van der Waals surface area contributed by atoms with Crippen LogP contribution in [-0.2, 0) is 10.4 Å². The molecule has 3 rings (SSSR count). The number of nitrogens with zero attached hydrogens (tertiary/aromatic N) is 1. The molecule has 0 aliphatic carbocycles. The summed E-state index contributed by atoms with van der Waals surface area (Å²) in [6, 6.07) is 12.0. The third kappa shape index (κ3) is 3.15. The molecule has 4 nitrogen and oxygen atoms in total. The van der Waals surface area contributed by atoms with Crippen LogP contribution in [0.3, 0.4) is 0 Å². The summed E-state index contributed by atoms with van der Waals surface area (Å²) in [6.45, 7) is 0.0286. The first-order chi connectivity index (χ1) is 11.9. The molecule has 0 spiro atoms. The van der Waals surface area contributed by atoms with Crippen LogP contribution in [0, 0.1) is 12.3 Å². The number of aliphatic hydroxyl groups is 1. The van der Waals surface area contributed by atoms with Gasteiger partial charge in [-0.3, -0.25) is 14.5 Å². The van der Waals surface area contributed by atoms with Crippen LogP contribution in [0.15, 0.2) is 51.4 Å². The van der Waals surface area contributed by atoms with E-state index in [4.69, 9.17) is 6.42 Å². The van der Waals surface area contributed by atoms with Gasteiger partial charge in [0.1, 0.15) is 0 Å². The summed E-state index contributed by atoms with van der Waals surface area (Å²) in [5.41, 5.74) is -0.612. The highest BCUT2D eigenvalue weighted by molar-refractivity contribution is 9.10. The van der Waals surface area contributed by atoms with Gasteiger partial charge in [-0.2, -0.15) is 0 Å². The van der Waals surface area contributed by atoms with Crippen molar-refractivity contribution in [3.8, 4) is 12.3 Å². The van der Waals surface area contributed by atoms with Crippen LogP contribution in [0.25, 0.3) is 0 Å². The molecule has 25 heavy (non-hydrogen) atoms. The van der Waals surface area contributed by atoms with Crippen molar-refractivity contribution in [2.24, 2.45) is 0 Å². The molecule has 0 radical (unpaired) electrons. The van der Waals surface area contributed by atoms with E-state index in [1.165, 1.54) is 4.90 Å². The van der Waals surface area contributed by atoms with Gasteiger partial charge in [0.25, 0.3) is 5.91 Å². The van der Waals surface area contributed by atoms with E-state index in [1.54, 1.807) is 42.5 Å². The van der Waals surface area contributed by atoms with Gasteiger partial charge in [-0.1, -0.05) is 49.9 Å². The number of terminal acetylenes is 1. The lowest BCUT2D eigenvalue weighted by Gasteiger charge is -2.22. The number of benzene rings is 2. The zero-order chi connectivity index (χ0) is 18.2. The summed E-state index contributed by atoms with van der Waals surface area (Å²) in [4.78, 5) is 26.8. The number of hydrogen-bond acceptors (Lipinski definition) is 3. The molecule has 0 bridgehead atoms. The lowest BCUT2D eigenvalue weighted by Crippen LogP contribution is -2.42. The SMILES string of the molecule is C#CCN1C(=O)[C@](O)(CC(=O)c2cccc(Br)c2)c2cc(Br)ccc21. The van der Waals surface area contributed by atoms with Gasteiger partial charge in [0.2, 0.25) is 0 Å². The minimum absolute atomic E-state index is 0.0286. The van der Waals surface area contributed by atoms with E-state index in [-0.39, 0.29) is 18.7 Å². The van der Waals surface area contributed by atoms with Gasteiger partial charge in [-0.05, 0) is 30.3 Å². The third-order valence-corrected chi connectivity index (χ3v) is 5.09. The van der Waals surface area contributed by atoms with E-state index >= 15 is 0 Å². The standard InChI is InChI=1S/C19H13Br2NO3/c1-2-8-22-16-7-6-14(21)10-15(16)19(25,18(22)24)11-17(23)12-4-3-5-13(20)9-12/h1,3-7,9-10,25H,8,11H2/t19-/m0/s1. The van der Waals surface area contributed by atoms with Crippen LogP contribution in [0.5, 0.6) is 0 Å². The predicted octanol–water partition coefficient (Wildman–Crippen LogP) is 3.65. The average Bonchev–Trinajstić information content (AvgIpc) is 2.77. The van der Waals surface area contributed by atoms with Crippen LogP contribution in [-0.4, -0.2) is 23.3 Å². The third-order valence-electron chi connectivity index (χ3n) is 4.11. The lowest BCUT2D eigenvalue weighted by atomic mass is 9.88. The number of fused-ring (bicyclic) bond motifs is 1. The highest BCUT2D eigenvalue weighted by Crippen LogP contribution is 2.44. The number of carbonyl (C=O) groups is 2. The van der Waals surface area contributed by atoms with Crippen LogP contribution in [0.4, 0.5) is 5.69 Å². The maximum Gasteiger partial charge on any atom is 0.265 e. The van der Waals surface area contributed by atoms with Crippen molar-refractivity contribution in [2.75, 3.05) is 11.4 Å². The highest BCUT2D eigenvalue weighted by atomic mass is 79.9. The predicted molar refractivity (Wildman–Crippen MR) is 102 cm³/mol. The topological polar surface area (TPSA) is 57.6 Å². The molecule has 1 aliphatic heterocycles. The zero-order valence-corrected chi connectivity index (χ0v) is 16.2. The molecule has 0 aromatic heterocycles. The first-order valence-electron chi connectivity index (χ1n) is 7.43. The van der Waals surface area contributed by atoms with Crippen molar-refractivity contribution in [1.82, 2.24) is 0 Å². The minimum atomic E-state index is -1.94. The Balaban J connectivity index is 2.03. The quantitative estimate of drug-likeness (QED) is 0.557. The Morgan fingerprint density at radius 3 is 2.60 bits per heavy atom. The molecule has 1 aliphatic rings. The number of halogens is 2. The number of Topliss-reactive ketones (excluding diaryl/α,β-unsaturated/α-hetero) is 1. The molecule has 1 amide bonds. The van der Waals surface area contributed by atoms with Crippen molar-refractivity contribution in [2.45, 2.75) is 12.0 Å². The molecule has 126 valence electrons. The second kappa shape index (κ2) is 6.75. The summed E-state index contributed by atoms with van der Waals surface area (Å²) < 4.78 is 1.45. The zero-order valence-electron chi connectivity index (χ0n) is 13.0. The molecule has 1 atom stereocenters. The normalized spacial score (nSPS) is 18.8. The van der Waals surface area contributed by atoms with Crippen LogP contribution in [0.1, 0.15) is 22.3 Å². The van der Waals surface area contributed by atoms with E-state index in [9.17, 15) is 14.7 Å². The molecule has 1 N–H and O–H groups in total. The molecular formula is C19H13Br2NO3. The number of hydrogen-bond donors (Lipinski definition) is 1. The van der Waals surface area contributed by atoms with Crippen molar-refractivity contribution in [3.63, 3.8) is 0 Å². The molecule has 6 heteroatoms. The molecule has 2 aromatic rings. The molecule has 0 unspecified atom stereocenters. The molecule has 1 heterocycles. The van der Waals surface area contributed by atoms with E-state index in [2.05, 4.69) is 37.8 Å². The summed E-state index contributed by atoms with van der Waals surface area (Å²) in [6.07, 6.45) is 4.99. The van der Waals surface area contributed by atoms with Gasteiger partial charge in [0.15, 0.2) is 11.4 Å². The number of rotatable bonds is 4. The number of anilines is 1. The molecule has 0 fully saturated rings. The fraction of sp³-hybridized carbons (Fsp3) is 0.158. The van der Waals surface area contributed by atoms with Crippen molar-refractivity contribution in [1.29, 1.82) is 0 Å².